The molecule has 1 heterocycles. The van der Waals surface area contributed by atoms with Gasteiger partial charge < -0.3 is 19.9 Å². The molecule has 0 fully saturated rings. The van der Waals surface area contributed by atoms with E-state index in [0.29, 0.717) is 17.1 Å². The molecule has 1 atom stereocenters. The molecule has 0 aromatic heterocycles. The first kappa shape index (κ1) is 12.4. The summed E-state index contributed by atoms with van der Waals surface area (Å²) < 4.78 is 10.3. The number of benzene rings is 1. The van der Waals surface area contributed by atoms with Gasteiger partial charge in [-0.25, -0.2) is 0 Å². The topological polar surface area (TPSA) is 50.7 Å². The van der Waals surface area contributed by atoms with Gasteiger partial charge >= 0.3 is 0 Å². The largest absolute Gasteiger partial charge is 0.454 e. The molecule has 7 heteroatoms. The van der Waals surface area contributed by atoms with Crippen molar-refractivity contribution < 1.29 is 14.6 Å². The van der Waals surface area contributed by atoms with Crippen molar-refractivity contribution in [2.24, 2.45) is 0 Å². The van der Waals surface area contributed by atoms with Crippen molar-refractivity contribution in [1.82, 2.24) is 5.32 Å². The highest BCUT2D eigenvalue weighted by Crippen LogP contribution is 2.36. The molecular formula is C10H10B3NO3. The second kappa shape index (κ2) is 4.00. The van der Waals surface area contributed by atoms with E-state index in [2.05, 4.69) is 5.32 Å². The normalized spacial score (nSPS) is 17.8. The Bertz CT molecular complexity index is 437. The van der Waals surface area contributed by atoms with Crippen LogP contribution >= 0.6 is 0 Å². The summed E-state index contributed by atoms with van der Waals surface area (Å²) in [5.41, 5.74) is -1.61. The molecule has 0 aliphatic carbocycles. The Balaban J connectivity index is 2.40. The van der Waals surface area contributed by atoms with Crippen LogP contribution in [-0.2, 0) is 5.50 Å². The average Bonchev–Trinajstić information content (AvgIpc) is 2.75. The Morgan fingerprint density at radius 3 is 2.53 bits per heavy atom. The second-order valence-corrected chi connectivity index (χ2v) is 3.95. The molecule has 4 nitrogen and oxygen atoms in total. The lowest BCUT2D eigenvalue weighted by Crippen LogP contribution is -2.61. The number of aliphatic hydroxyl groups is 1. The van der Waals surface area contributed by atoms with Crippen LogP contribution in [0.4, 0.5) is 0 Å². The van der Waals surface area contributed by atoms with E-state index in [4.69, 9.17) is 33.0 Å². The van der Waals surface area contributed by atoms with Crippen LogP contribution in [0.5, 0.6) is 11.5 Å². The van der Waals surface area contributed by atoms with Crippen LogP contribution in [0.1, 0.15) is 5.56 Å². The first-order valence-electron chi connectivity index (χ1n) is 5.06. The summed E-state index contributed by atoms with van der Waals surface area (Å²) >= 11 is 0. The van der Waals surface area contributed by atoms with Gasteiger partial charge in [-0.3, -0.25) is 0 Å². The van der Waals surface area contributed by atoms with Gasteiger partial charge in [0.25, 0.3) is 0 Å². The Hall–Kier alpha value is -1.07. The molecule has 0 bridgehead atoms. The van der Waals surface area contributed by atoms with Gasteiger partial charge in [0.1, 0.15) is 7.85 Å². The van der Waals surface area contributed by atoms with Crippen LogP contribution in [0.2, 0.25) is 0 Å². The first-order valence-corrected chi connectivity index (χ1v) is 5.06. The molecule has 1 aliphatic rings. The van der Waals surface area contributed by atoms with Gasteiger partial charge in [-0.05, 0) is 30.1 Å². The van der Waals surface area contributed by atoms with Gasteiger partial charge in [-0.2, -0.15) is 0 Å². The molecule has 2 rings (SSSR count). The lowest BCUT2D eigenvalue weighted by atomic mass is 9.45. The summed E-state index contributed by atoms with van der Waals surface area (Å²) in [6.45, 7) is 0.143. The summed E-state index contributed by atoms with van der Waals surface area (Å²) in [6.07, 6.45) is 0. The molecule has 0 spiro atoms. The molecule has 0 saturated heterocycles. The van der Waals surface area contributed by atoms with E-state index in [1.54, 1.807) is 18.2 Å². The zero-order valence-corrected chi connectivity index (χ0v) is 9.43. The zero-order chi connectivity index (χ0) is 12.7. The van der Waals surface area contributed by atoms with Gasteiger partial charge in [0.05, 0.1) is 15.7 Å². The van der Waals surface area contributed by atoms with Crippen LogP contribution in [0.25, 0.3) is 0 Å². The number of hydrogen-bond donors (Lipinski definition) is 2. The summed E-state index contributed by atoms with van der Waals surface area (Å²) in [5, 5.41) is 11.1. The number of nitrogens with one attached hydrogen (secondary N) is 1. The van der Waals surface area contributed by atoms with Crippen LogP contribution in [0.15, 0.2) is 18.2 Å². The van der Waals surface area contributed by atoms with Crippen molar-refractivity contribution in [3.63, 3.8) is 0 Å². The Kier molecular flexibility index (Phi) is 2.91. The number of ether oxygens (including phenoxy) is 2. The molecule has 0 saturated carbocycles. The maximum Gasteiger partial charge on any atom is 0.231 e. The number of fused-ring (bicyclic) bond motifs is 1. The fourth-order valence-corrected chi connectivity index (χ4v) is 1.56. The van der Waals surface area contributed by atoms with Gasteiger partial charge in [0, 0.05) is 5.50 Å². The maximum absolute atomic E-state index is 10.2. The molecule has 1 unspecified atom stereocenters. The lowest BCUT2D eigenvalue weighted by molar-refractivity contribution is 0.0972. The van der Waals surface area contributed by atoms with Crippen molar-refractivity contribution in [1.29, 1.82) is 0 Å². The zero-order valence-electron chi connectivity index (χ0n) is 9.43. The molecule has 17 heavy (non-hydrogen) atoms. The first-order chi connectivity index (χ1) is 7.88. The van der Waals surface area contributed by atoms with Crippen molar-refractivity contribution in [2.75, 3.05) is 13.8 Å². The van der Waals surface area contributed by atoms with E-state index in [1.165, 1.54) is 7.05 Å². The number of hydrogen-bond acceptors (Lipinski definition) is 4. The minimum Gasteiger partial charge on any atom is -0.454 e. The monoisotopic (exact) mass is 225 g/mol. The highest BCUT2D eigenvalue weighted by Gasteiger charge is 2.38. The van der Waals surface area contributed by atoms with E-state index in [1.807, 2.05) is 0 Å². The van der Waals surface area contributed by atoms with Gasteiger partial charge in [-0.15, -0.1) is 0 Å². The average molecular weight is 225 g/mol. The smallest absolute Gasteiger partial charge is 0.231 e. The lowest BCUT2D eigenvalue weighted by Gasteiger charge is -2.42. The molecule has 0 amide bonds. The van der Waals surface area contributed by atoms with Crippen LogP contribution in [-0.4, -0.2) is 47.8 Å². The van der Waals surface area contributed by atoms with Crippen molar-refractivity contribution in [3.8, 4) is 11.5 Å². The fourth-order valence-electron chi connectivity index (χ4n) is 1.56. The minimum absolute atomic E-state index is 0.143. The second-order valence-electron chi connectivity index (χ2n) is 3.95. The molecule has 82 valence electrons. The van der Waals surface area contributed by atoms with Crippen molar-refractivity contribution >= 4 is 23.5 Å². The third-order valence-corrected chi connectivity index (χ3v) is 2.86. The van der Waals surface area contributed by atoms with Crippen LogP contribution in [0, 0.1) is 0 Å². The van der Waals surface area contributed by atoms with E-state index in [0.717, 1.165) is 0 Å². The summed E-state index contributed by atoms with van der Waals surface area (Å²) in [5.74, 6) is 1.09. The summed E-state index contributed by atoms with van der Waals surface area (Å²) in [4.78, 5) is 0. The van der Waals surface area contributed by atoms with E-state index >= 15 is 0 Å². The molecule has 1 aromatic carbocycles. The van der Waals surface area contributed by atoms with Crippen molar-refractivity contribution in [2.45, 2.75) is 10.8 Å². The number of likely N-dealkylation sites (N-methyl/N-ethyl adjacent to an activating group) is 1. The van der Waals surface area contributed by atoms with E-state index in [-0.39, 0.29) is 6.79 Å². The van der Waals surface area contributed by atoms with Gasteiger partial charge in [0.15, 0.2) is 11.5 Å². The SMILES string of the molecule is [B]C([B])(NC)C([B])(O)c1ccc2c(c1)OCO2. The Morgan fingerprint density at radius 1 is 1.24 bits per heavy atom. The molecule has 1 aromatic rings. The third-order valence-electron chi connectivity index (χ3n) is 2.86. The summed E-state index contributed by atoms with van der Waals surface area (Å²) in [7, 11) is 18.7. The highest BCUT2D eigenvalue weighted by molar-refractivity contribution is 6.44. The van der Waals surface area contributed by atoms with Gasteiger partial charge in [-0.1, -0.05) is 6.07 Å². The third kappa shape index (κ3) is 1.94. The van der Waals surface area contributed by atoms with Crippen LogP contribution in [0.3, 0.4) is 0 Å². The maximum atomic E-state index is 10.2. The quantitative estimate of drug-likeness (QED) is 0.643. The molecule has 6 radical (unpaired) electrons. The Morgan fingerprint density at radius 2 is 1.88 bits per heavy atom. The number of rotatable bonds is 3. The minimum atomic E-state index is -1.94. The Labute approximate surface area is 104 Å². The standard InChI is InChI=1S/C10H10B3NO3/c1-14-10(12,13)9(11,15)6-2-3-7-8(4-6)17-5-16-7/h2-4,14-15H,5H2,1H3. The molecule has 2 N–H and O–H groups in total. The predicted octanol–water partition coefficient (Wildman–Crippen LogP) is -1.06. The van der Waals surface area contributed by atoms with Crippen molar-refractivity contribution in [3.05, 3.63) is 23.8 Å². The van der Waals surface area contributed by atoms with Gasteiger partial charge in [0.2, 0.25) is 6.79 Å². The molecular weight excluding hydrogens is 215 g/mol. The summed E-state index contributed by atoms with van der Waals surface area (Å²) in [6, 6.07) is 4.77. The molecule has 1 aliphatic heterocycles. The van der Waals surface area contributed by atoms with E-state index < -0.39 is 10.8 Å². The fraction of sp³-hybridized carbons (Fsp3) is 0.400. The van der Waals surface area contributed by atoms with Crippen LogP contribution < -0.4 is 14.8 Å². The highest BCUT2D eigenvalue weighted by atomic mass is 16.7. The van der Waals surface area contributed by atoms with E-state index in [9.17, 15) is 5.11 Å². The predicted molar refractivity (Wildman–Crippen MR) is 65.5 cm³/mol.